The summed E-state index contributed by atoms with van der Waals surface area (Å²) < 4.78 is 0. The molecule has 0 saturated carbocycles. The van der Waals surface area contributed by atoms with Crippen molar-refractivity contribution in [1.29, 1.82) is 0 Å². The van der Waals surface area contributed by atoms with Gasteiger partial charge in [-0.1, -0.05) is 62.4 Å². The van der Waals surface area contributed by atoms with Crippen LogP contribution in [0, 0.1) is 0 Å². The molecule has 0 aliphatic heterocycles. The van der Waals surface area contributed by atoms with E-state index in [1.165, 1.54) is 11.3 Å². The molecule has 23 heavy (non-hydrogen) atoms. The Morgan fingerprint density at radius 3 is 2.43 bits per heavy atom. The lowest BCUT2D eigenvalue weighted by Crippen LogP contribution is -2.31. The van der Waals surface area contributed by atoms with Crippen molar-refractivity contribution in [3.05, 3.63) is 45.9 Å². The maximum Gasteiger partial charge on any atom is 0.285 e. The molecular formula is C17H23N3O2S. The Balaban J connectivity index is 2.24. The molecule has 1 unspecified atom stereocenters. The average molecular weight is 333 g/mol. The van der Waals surface area contributed by atoms with Crippen LogP contribution in [0.2, 0.25) is 0 Å². The maximum absolute atomic E-state index is 12.7. The summed E-state index contributed by atoms with van der Waals surface area (Å²) in [6.45, 7) is 6.15. The number of amides is 1. The fourth-order valence-corrected chi connectivity index (χ4v) is 3.17. The lowest BCUT2D eigenvalue weighted by molar-refractivity contribution is 0.0704. The fourth-order valence-electron chi connectivity index (χ4n) is 2.29. The fraction of sp³-hybridized carbons (Fsp3) is 0.471. The first kappa shape index (κ1) is 17.6. The second-order valence-electron chi connectivity index (χ2n) is 6.52. The van der Waals surface area contributed by atoms with Crippen LogP contribution < -0.4 is 0 Å². The number of aliphatic hydroxyl groups is 1. The molecule has 0 saturated heterocycles. The van der Waals surface area contributed by atoms with Crippen LogP contribution in [0.25, 0.3) is 0 Å². The zero-order valence-corrected chi connectivity index (χ0v) is 14.8. The van der Waals surface area contributed by atoms with E-state index in [0.29, 0.717) is 11.4 Å². The highest BCUT2D eigenvalue weighted by Gasteiger charge is 2.27. The molecule has 0 radical (unpaired) electrons. The molecule has 1 atom stereocenters. The third kappa shape index (κ3) is 4.14. The van der Waals surface area contributed by atoms with Crippen LogP contribution in [-0.2, 0) is 5.41 Å². The standard InChI is InChI=1S/C17H23N3O2S/c1-17(2,3)16-19-18-14(23-16)15(22)20(4)13(10-11-21)12-8-6-5-7-9-12/h5-9,13,21H,10-11H2,1-4H3. The van der Waals surface area contributed by atoms with Gasteiger partial charge in [0.1, 0.15) is 5.01 Å². The van der Waals surface area contributed by atoms with Gasteiger partial charge in [0.25, 0.3) is 5.91 Å². The Morgan fingerprint density at radius 1 is 1.26 bits per heavy atom. The van der Waals surface area contributed by atoms with Crippen LogP contribution in [-0.4, -0.2) is 39.8 Å². The average Bonchev–Trinajstić information content (AvgIpc) is 3.02. The quantitative estimate of drug-likeness (QED) is 0.913. The monoisotopic (exact) mass is 333 g/mol. The summed E-state index contributed by atoms with van der Waals surface area (Å²) in [6.07, 6.45) is 0.483. The van der Waals surface area contributed by atoms with E-state index in [0.717, 1.165) is 10.6 Å². The zero-order valence-electron chi connectivity index (χ0n) is 14.0. The molecule has 0 aliphatic rings. The van der Waals surface area contributed by atoms with Gasteiger partial charge in [0.05, 0.1) is 6.04 Å². The van der Waals surface area contributed by atoms with Crippen LogP contribution in [0.3, 0.4) is 0 Å². The summed E-state index contributed by atoms with van der Waals surface area (Å²) >= 11 is 1.33. The van der Waals surface area contributed by atoms with Gasteiger partial charge in [-0.25, -0.2) is 0 Å². The van der Waals surface area contributed by atoms with E-state index in [2.05, 4.69) is 10.2 Å². The molecule has 2 rings (SSSR count). The molecule has 1 aromatic carbocycles. The molecule has 0 fully saturated rings. The van der Waals surface area contributed by atoms with Gasteiger partial charge in [0.2, 0.25) is 5.01 Å². The van der Waals surface area contributed by atoms with E-state index in [1.807, 2.05) is 51.1 Å². The van der Waals surface area contributed by atoms with Gasteiger partial charge in [-0.05, 0) is 12.0 Å². The van der Waals surface area contributed by atoms with Crippen molar-refractivity contribution in [2.24, 2.45) is 0 Å². The number of hydrogen-bond acceptors (Lipinski definition) is 5. The van der Waals surface area contributed by atoms with E-state index >= 15 is 0 Å². The number of aromatic nitrogens is 2. The second kappa shape index (κ2) is 7.19. The maximum atomic E-state index is 12.7. The molecule has 1 amide bonds. The van der Waals surface area contributed by atoms with E-state index in [-0.39, 0.29) is 24.0 Å². The van der Waals surface area contributed by atoms with Crippen molar-refractivity contribution in [3.8, 4) is 0 Å². The minimum Gasteiger partial charge on any atom is -0.396 e. The van der Waals surface area contributed by atoms with Crippen molar-refractivity contribution in [2.45, 2.75) is 38.6 Å². The highest BCUT2D eigenvalue weighted by molar-refractivity contribution is 7.13. The molecule has 2 aromatic rings. The highest BCUT2D eigenvalue weighted by Crippen LogP contribution is 2.28. The van der Waals surface area contributed by atoms with E-state index in [1.54, 1.807) is 11.9 Å². The largest absolute Gasteiger partial charge is 0.396 e. The van der Waals surface area contributed by atoms with Gasteiger partial charge >= 0.3 is 0 Å². The predicted molar refractivity (Wildman–Crippen MR) is 91.6 cm³/mol. The van der Waals surface area contributed by atoms with E-state index < -0.39 is 0 Å². The van der Waals surface area contributed by atoms with Crippen molar-refractivity contribution in [3.63, 3.8) is 0 Å². The second-order valence-corrected chi connectivity index (χ2v) is 7.49. The van der Waals surface area contributed by atoms with Crippen LogP contribution in [0.15, 0.2) is 30.3 Å². The molecule has 1 N–H and O–H groups in total. The van der Waals surface area contributed by atoms with Gasteiger partial charge in [-0.2, -0.15) is 0 Å². The Hall–Kier alpha value is -1.79. The topological polar surface area (TPSA) is 66.3 Å². The Bertz CT molecular complexity index is 649. The van der Waals surface area contributed by atoms with Crippen LogP contribution in [0.1, 0.15) is 53.6 Å². The lowest BCUT2D eigenvalue weighted by atomic mass is 9.98. The van der Waals surface area contributed by atoms with Crippen LogP contribution in [0.4, 0.5) is 0 Å². The number of carbonyl (C=O) groups is 1. The van der Waals surface area contributed by atoms with E-state index in [4.69, 9.17) is 0 Å². The molecule has 6 heteroatoms. The predicted octanol–water partition coefficient (Wildman–Crippen LogP) is 3.03. The van der Waals surface area contributed by atoms with Crippen LogP contribution >= 0.6 is 11.3 Å². The number of carbonyl (C=O) groups excluding carboxylic acids is 1. The van der Waals surface area contributed by atoms with Gasteiger partial charge in [-0.15, -0.1) is 10.2 Å². The number of rotatable bonds is 5. The molecule has 5 nitrogen and oxygen atoms in total. The Morgan fingerprint density at radius 2 is 1.91 bits per heavy atom. The first-order valence-corrected chi connectivity index (χ1v) is 8.43. The first-order valence-electron chi connectivity index (χ1n) is 7.61. The summed E-state index contributed by atoms with van der Waals surface area (Å²) in [7, 11) is 1.74. The Kier molecular flexibility index (Phi) is 5.49. The van der Waals surface area contributed by atoms with Crippen LogP contribution in [0.5, 0.6) is 0 Å². The normalized spacial score (nSPS) is 12.9. The minimum absolute atomic E-state index is 0.0144. The van der Waals surface area contributed by atoms with Crippen molar-refractivity contribution in [2.75, 3.05) is 13.7 Å². The molecule has 0 spiro atoms. The SMILES string of the molecule is CN(C(=O)c1nnc(C(C)(C)C)s1)C(CCO)c1ccccc1. The molecular weight excluding hydrogens is 310 g/mol. The highest BCUT2D eigenvalue weighted by atomic mass is 32.1. The molecule has 0 bridgehead atoms. The molecule has 0 aliphatic carbocycles. The lowest BCUT2D eigenvalue weighted by Gasteiger charge is -2.27. The summed E-state index contributed by atoms with van der Waals surface area (Å²) in [4.78, 5) is 14.4. The molecule has 1 aromatic heterocycles. The number of hydrogen-bond donors (Lipinski definition) is 1. The molecule has 1 heterocycles. The minimum atomic E-state index is -0.185. The third-order valence-corrected chi connectivity index (χ3v) is 4.96. The molecule has 124 valence electrons. The van der Waals surface area contributed by atoms with Gasteiger partial charge < -0.3 is 10.0 Å². The van der Waals surface area contributed by atoms with E-state index in [9.17, 15) is 9.90 Å². The van der Waals surface area contributed by atoms with Gasteiger partial charge in [0.15, 0.2) is 0 Å². The number of benzene rings is 1. The zero-order chi connectivity index (χ0) is 17.0. The first-order chi connectivity index (χ1) is 10.8. The summed E-state index contributed by atoms with van der Waals surface area (Å²) in [5.41, 5.74) is 0.872. The van der Waals surface area contributed by atoms with Gasteiger partial charge in [-0.3, -0.25) is 4.79 Å². The smallest absolute Gasteiger partial charge is 0.285 e. The Labute approximate surface area is 141 Å². The number of nitrogens with zero attached hydrogens (tertiary/aromatic N) is 3. The third-order valence-electron chi connectivity index (χ3n) is 3.62. The van der Waals surface area contributed by atoms with Crippen molar-refractivity contribution < 1.29 is 9.90 Å². The van der Waals surface area contributed by atoms with Gasteiger partial charge in [0, 0.05) is 19.1 Å². The summed E-state index contributed by atoms with van der Waals surface area (Å²) in [5.74, 6) is -0.166. The van der Waals surface area contributed by atoms with Crippen molar-refractivity contribution in [1.82, 2.24) is 15.1 Å². The summed E-state index contributed by atoms with van der Waals surface area (Å²) in [5, 5.41) is 18.8. The van der Waals surface area contributed by atoms with Crippen molar-refractivity contribution >= 4 is 17.2 Å². The number of aliphatic hydroxyl groups excluding tert-OH is 1. The summed E-state index contributed by atoms with van der Waals surface area (Å²) in [6, 6.07) is 9.54.